The highest BCUT2D eigenvalue weighted by molar-refractivity contribution is 7.99. The average Bonchev–Trinajstić information content (AvgIpc) is 2.91. The highest BCUT2D eigenvalue weighted by Gasteiger charge is 2.40. The Morgan fingerprint density at radius 3 is 2.41 bits per heavy atom. The van der Waals surface area contributed by atoms with Crippen LogP contribution >= 0.6 is 11.8 Å². The van der Waals surface area contributed by atoms with E-state index in [1.807, 2.05) is 34.6 Å². The van der Waals surface area contributed by atoms with Gasteiger partial charge in [-0.1, -0.05) is 20.8 Å². The van der Waals surface area contributed by atoms with Crippen LogP contribution in [0.2, 0.25) is 0 Å². The van der Waals surface area contributed by atoms with Gasteiger partial charge >= 0.3 is 0 Å². The molecule has 0 radical (unpaired) electrons. The van der Waals surface area contributed by atoms with Crippen LogP contribution in [0, 0.1) is 5.41 Å². The van der Waals surface area contributed by atoms with Crippen LogP contribution in [0.25, 0.3) is 0 Å². The summed E-state index contributed by atoms with van der Waals surface area (Å²) in [5.41, 5.74) is -0.514. The lowest BCUT2D eigenvalue weighted by Crippen LogP contribution is -2.53. The smallest absolute Gasteiger partial charge is 0.246 e. The van der Waals surface area contributed by atoms with Gasteiger partial charge in [0.05, 0.1) is 12.4 Å². The molecule has 126 valence electrons. The molecule has 1 N–H and O–H groups in total. The zero-order valence-electron chi connectivity index (χ0n) is 14.1. The molecule has 6 nitrogen and oxygen atoms in total. The van der Waals surface area contributed by atoms with E-state index in [2.05, 4.69) is 5.32 Å². The predicted octanol–water partition coefficient (Wildman–Crippen LogP) is 0.919. The molecule has 0 unspecified atom stereocenters. The molecule has 0 spiro atoms. The monoisotopic (exact) mass is 329 g/mol. The Hall–Kier alpha value is -1.24. The largest absolute Gasteiger partial charge is 0.355 e. The summed E-state index contributed by atoms with van der Waals surface area (Å²) in [6, 6.07) is -0.467. The molecule has 22 heavy (non-hydrogen) atoms. The number of nitrogens with zero attached hydrogens (tertiary/aromatic N) is 2. The Balaban J connectivity index is 2.80. The maximum Gasteiger partial charge on any atom is 0.246 e. The van der Waals surface area contributed by atoms with Gasteiger partial charge < -0.3 is 15.1 Å². The van der Waals surface area contributed by atoms with Gasteiger partial charge in [0.15, 0.2) is 0 Å². The lowest BCUT2D eigenvalue weighted by Gasteiger charge is -2.32. The Labute approximate surface area is 137 Å². The third kappa shape index (κ3) is 4.63. The zero-order valence-corrected chi connectivity index (χ0v) is 15.0. The Bertz CT molecular complexity index is 434. The molecule has 0 aliphatic carbocycles. The number of carbonyl (C=O) groups is 3. The van der Waals surface area contributed by atoms with Gasteiger partial charge in [0, 0.05) is 24.3 Å². The molecule has 7 heteroatoms. The number of rotatable bonds is 5. The summed E-state index contributed by atoms with van der Waals surface area (Å²) >= 11 is 1.58. The highest BCUT2D eigenvalue weighted by Crippen LogP contribution is 2.28. The van der Waals surface area contributed by atoms with Gasteiger partial charge in [0.1, 0.15) is 6.04 Å². The first kappa shape index (κ1) is 18.8. The van der Waals surface area contributed by atoms with Crippen LogP contribution in [-0.4, -0.2) is 64.8 Å². The molecule has 0 bridgehead atoms. The van der Waals surface area contributed by atoms with Crippen molar-refractivity contribution >= 4 is 29.5 Å². The fourth-order valence-electron chi connectivity index (χ4n) is 2.26. The second-order valence-electron chi connectivity index (χ2n) is 6.35. The minimum Gasteiger partial charge on any atom is -0.355 e. The van der Waals surface area contributed by atoms with Crippen molar-refractivity contribution in [2.24, 2.45) is 5.41 Å². The Morgan fingerprint density at radius 2 is 1.91 bits per heavy atom. The van der Waals surface area contributed by atoms with E-state index in [9.17, 15) is 14.4 Å². The molecular formula is C15H27N3O3S. The Kier molecular flexibility index (Phi) is 6.71. The lowest BCUT2D eigenvalue weighted by atomic mass is 9.94. The molecule has 0 saturated carbocycles. The molecule has 1 rings (SSSR count). The number of carbonyl (C=O) groups excluding carboxylic acids is 3. The fourth-order valence-corrected chi connectivity index (χ4v) is 3.41. The van der Waals surface area contributed by atoms with Crippen LogP contribution < -0.4 is 5.32 Å². The van der Waals surface area contributed by atoms with Gasteiger partial charge in [-0.2, -0.15) is 0 Å². The van der Waals surface area contributed by atoms with Crippen molar-refractivity contribution in [1.82, 2.24) is 15.1 Å². The van der Waals surface area contributed by atoms with Gasteiger partial charge in [-0.25, -0.2) is 0 Å². The summed E-state index contributed by atoms with van der Waals surface area (Å²) in [6.45, 7) is 10.3. The summed E-state index contributed by atoms with van der Waals surface area (Å²) in [6.07, 6.45) is 0. The van der Waals surface area contributed by atoms with Gasteiger partial charge in [0.25, 0.3) is 0 Å². The van der Waals surface area contributed by atoms with Crippen LogP contribution in [0.4, 0.5) is 0 Å². The number of amides is 3. The molecule has 1 fully saturated rings. The molecule has 0 aromatic heterocycles. The topological polar surface area (TPSA) is 69.7 Å². The number of hydrogen-bond donors (Lipinski definition) is 1. The summed E-state index contributed by atoms with van der Waals surface area (Å²) < 4.78 is 0. The molecule has 0 aromatic carbocycles. The fraction of sp³-hybridized carbons (Fsp3) is 0.800. The van der Waals surface area contributed by atoms with Crippen LogP contribution in [-0.2, 0) is 14.4 Å². The van der Waals surface area contributed by atoms with E-state index in [-0.39, 0.29) is 24.3 Å². The number of hydrogen-bond acceptors (Lipinski definition) is 4. The zero-order chi connectivity index (χ0) is 16.9. The van der Waals surface area contributed by atoms with Gasteiger partial charge in [-0.3, -0.25) is 14.4 Å². The van der Waals surface area contributed by atoms with Crippen LogP contribution in [0.3, 0.4) is 0 Å². The molecule has 1 heterocycles. The second kappa shape index (κ2) is 7.85. The van der Waals surface area contributed by atoms with Crippen molar-refractivity contribution in [3.63, 3.8) is 0 Å². The maximum absolute atomic E-state index is 12.7. The minimum absolute atomic E-state index is 0.0232. The minimum atomic E-state index is -0.514. The third-order valence-electron chi connectivity index (χ3n) is 3.47. The van der Waals surface area contributed by atoms with E-state index < -0.39 is 11.5 Å². The number of likely N-dealkylation sites (N-methyl/N-ethyl adjacent to an activating group) is 2. The normalized spacial score (nSPS) is 18.2. The van der Waals surface area contributed by atoms with Gasteiger partial charge in [-0.15, -0.1) is 11.8 Å². The van der Waals surface area contributed by atoms with Crippen molar-refractivity contribution in [1.29, 1.82) is 0 Å². The van der Waals surface area contributed by atoms with Gasteiger partial charge in [0.2, 0.25) is 17.7 Å². The standard InChI is InChI=1S/C15H27N3O3S/c1-6-16-12(19)8-17(7-2)13(20)11-9-22-10-18(11)14(21)15(3,4)5/h11H,6-10H2,1-5H3,(H,16,19)/t11-/m1/s1. The first-order valence-corrected chi connectivity index (χ1v) is 8.82. The van der Waals surface area contributed by atoms with Gasteiger partial charge in [-0.05, 0) is 13.8 Å². The van der Waals surface area contributed by atoms with Crippen LogP contribution in [0.5, 0.6) is 0 Å². The maximum atomic E-state index is 12.7. The molecule has 1 saturated heterocycles. The molecule has 1 aliphatic heterocycles. The summed E-state index contributed by atoms with van der Waals surface area (Å²) in [5.74, 6) is 0.788. The molecule has 1 aliphatic rings. The number of thioether (sulfide) groups is 1. The lowest BCUT2D eigenvalue weighted by molar-refractivity contribution is -0.148. The van der Waals surface area contributed by atoms with Crippen molar-refractivity contribution in [2.45, 2.75) is 40.7 Å². The van der Waals surface area contributed by atoms with Crippen molar-refractivity contribution in [3.8, 4) is 0 Å². The first-order chi connectivity index (χ1) is 10.2. The number of nitrogens with one attached hydrogen (secondary N) is 1. The molecular weight excluding hydrogens is 302 g/mol. The van der Waals surface area contributed by atoms with E-state index in [0.29, 0.717) is 24.7 Å². The quantitative estimate of drug-likeness (QED) is 0.814. The molecule has 0 aromatic rings. The molecule has 1 atom stereocenters. The van der Waals surface area contributed by atoms with Crippen molar-refractivity contribution in [2.75, 3.05) is 31.3 Å². The summed E-state index contributed by atoms with van der Waals surface area (Å²) in [7, 11) is 0. The third-order valence-corrected chi connectivity index (χ3v) is 4.48. The highest BCUT2D eigenvalue weighted by atomic mass is 32.2. The molecule has 3 amide bonds. The second-order valence-corrected chi connectivity index (χ2v) is 7.35. The predicted molar refractivity (Wildman–Crippen MR) is 88.4 cm³/mol. The Morgan fingerprint density at radius 1 is 1.27 bits per heavy atom. The SMILES string of the molecule is CCNC(=O)CN(CC)C(=O)[C@H]1CSCN1C(=O)C(C)(C)C. The van der Waals surface area contributed by atoms with Crippen molar-refractivity contribution in [3.05, 3.63) is 0 Å². The summed E-state index contributed by atoms with van der Waals surface area (Å²) in [5, 5.41) is 2.70. The van der Waals surface area contributed by atoms with E-state index in [1.165, 1.54) is 4.90 Å². The van der Waals surface area contributed by atoms with E-state index in [0.717, 1.165) is 0 Å². The summed E-state index contributed by atoms with van der Waals surface area (Å²) in [4.78, 5) is 40.1. The van der Waals surface area contributed by atoms with Crippen molar-refractivity contribution < 1.29 is 14.4 Å². The van der Waals surface area contributed by atoms with E-state index in [1.54, 1.807) is 16.7 Å². The van der Waals surface area contributed by atoms with E-state index in [4.69, 9.17) is 0 Å². The van der Waals surface area contributed by atoms with Crippen LogP contribution in [0.15, 0.2) is 0 Å². The first-order valence-electron chi connectivity index (χ1n) is 7.66. The average molecular weight is 329 g/mol. The van der Waals surface area contributed by atoms with E-state index >= 15 is 0 Å². The van der Waals surface area contributed by atoms with Crippen LogP contribution in [0.1, 0.15) is 34.6 Å².